The van der Waals surface area contributed by atoms with E-state index in [1.165, 1.54) is 43.6 Å². The van der Waals surface area contributed by atoms with Gasteiger partial charge in [0.1, 0.15) is 5.75 Å². The zero-order valence-corrected chi connectivity index (χ0v) is 13.4. The monoisotopic (exact) mass is 288 g/mol. The van der Waals surface area contributed by atoms with E-state index in [1.54, 1.807) is 0 Å². The molecule has 21 heavy (non-hydrogen) atoms. The minimum atomic E-state index is 0.594. The molecule has 2 aliphatic heterocycles. The molecule has 0 spiro atoms. The van der Waals surface area contributed by atoms with Gasteiger partial charge in [0.2, 0.25) is 0 Å². The molecule has 1 saturated heterocycles. The summed E-state index contributed by atoms with van der Waals surface area (Å²) < 4.78 is 5.61. The number of fused-ring (bicyclic) bond motifs is 1. The maximum Gasteiger partial charge on any atom is 0.122 e. The van der Waals surface area contributed by atoms with Gasteiger partial charge in [0.25, 0.3) is 0 Å². The highest BCUT2D eigenvalue weighted by molar-refractivity contribution is 5.39. The van der Waals surface area contributed by atoms with Crippen molar-refractivity contribution in [2.75, 3.05) is 26.2 Å². The second-order valence-electron chi connectivity index (χ2n) is 6.78. The maximum absolute atomic E-state index is 5.61. The Labute approximate surface area is 128 Å². The van der Waals surface area contributed by atoms with E-state index in [-0.39, 0.29) is 0 Å². The average molecular weight is 288 g/mol. The molecule has 0 aromatic heterocycles. The van der Waals surface area contributed by atoms with E-state index in [2.05, 4.69) is 42.3 Å². The van der Waals surface area contributed by atoms with Crippen molar-refractivity contribution in [2.24, 2.45) is 5.92 Å². The summed E-state index contributed by atoms with van der Waals surface area (Å²) >= 11 is 0. The fourth-order valence-corrected chi connectivity index (χ4v) is 3.44. The summed E-state index contributed by atoms with van der Waals surface area (Å²) in [6.07, 6.45) is 3.76. The van der Waals surface area contributed by atoms with Crippen molar-refractivity contribution >= 4 is 0 Å². The summed E-state index contributed by atoms with van der Waals surface area (Å²) in [6, 6.07) is 7.32. The van der Waals surface area contributed by atoms with Crippen LogP contribution in [0.15, 0.2) is 18.2 Å². The molecule has 1 fully saturated rings. The third-order valence-electron chi connectivity index (χ3n) is 4.76. The van der Waals surface area contributed by atoms with Gasteiger partial charge in [-0.25, -0.2) is 0 Å². The van der Waals surface area contributed by atoms with E-state index < -0.39 is 0 Å². The van der Waals surface area contributed by atoms with Gasteiger partial charge >= 0.3 is 0 Å². The lowest BCUT2D eigenvalue weighted by atomic mass is 9.98. The fraction of sp³-hybridized carbons (Fsp3) is 0.667. The fourth-order valence-electron chi connectivity index (χ4n) is 3.44. The van der Waals surface area contributed by atoms with Crippen molar-refractivity contribution in [1.29, 1.82) is 0 Å². The number of piperidine rings is 1. The van der Waals surface area contributed by atoms with E-state index in [4.69, 9.17) is 4.74 Å². The molecule has 1 atom stereocenters. The second kappa shape index (κ2) is 6.80. The van der Waals surface area contributed by atoms with Crippen LogP contribution >= 0.6 is 0 Å². The highest BCUT2D eigenvalue weighted by Gasteiger charge is 2.20. The molecule has 1 aromatic carbocycles. The highest BCUT2D eigenvalue weighted by Crippen LogP contribution is 2.27. The Morgan fingerprint density at radius 2 is 2.29 bits per heavy atom. The molecular weight excluding hydrogens is 260 g/mol. The Bertz CT molecular complexity index is 466. The molecule has 3 rings (SSSR count). The summed E-state index contributed by atoms with van der Waals surface area (Å²) in [6.45, 7) is 10.1. The lowest BCUT2D eigenvalue weighted by Gasteiger charge is -2.33. The summed E-state index contributed by atoms with van der Waals surface area (Å²) in [5, 5.41) is 3.53. The molecule has 0 amide bonds. The van der Waals surface area contributed by atoms with Crippen molar-refractivity contribution in [1.82, 2.24) is 10.2 Å². The Balaban J connectivity index is 1.64. The topological polar surface area (TPSA) is 24.5 Å². The van der Waals surface area contributed by atoms with Gasteiger partial charge in [0.05, 0.1) is 6.61 Å². The van der Waals surface area contributed by atoms with Gasteiger partial charge in [-0.05, 0) is 62.9 Å². The van der Waals surface area contributed by atoms with E-state index in [0.717, 1.165) is 31.2 Å². The zero-order chi connectivity index (χ0) is 14.7. The van der Waals surface area contributed by atoms with Crippen LogP contribution in [-0.2, 0) is 13.0 Å². The minimum absolute atomic E-state index is 0.594. The average Bonchev–Trinajstić information content (AvgIpc) is 2.95. The van der Waals surface area contributed by atoms with Crippen LogP contribution < -0.4 is 10.1 Å². The van der Waals surface area contributed by atoms with Crippen LogP contribution in [0.3, 0.4) is 0 Å². The lowest BCUT2D eigenvalue weighted by molar-refractivity contribution is 0.164. The first-order valence-corrected chi connectivity index (χ1v) is 8.42. The number of rotatable bonds is 5. The van der Waals surface area contributed by atoms with Crippen molar-refractivity contribution < 1.29 is 4.74 Å². The first kappa shape index (κ1) is 14.9. The molecule has 1 aromatic rings. The molecule has 0 aliphatic carbocycles. The molecular formula is C18H28N2O. The van der Waals surface area contributed by atoms with Gasteiger partial charge in [0.15, 0.2) is 0 Å². The van der Waals surface area contributed by atoms with E-state index in [1.807, 2.05) is 0 Å². The molecule has 2 aliphatic rings. The number of nitrogens with one attached hydrogen (secondary N) is 1. The van der Waals surface area contributed by atoms with Crippen LogP contribution in [-0.4, -0.2) is 37.2 Å². The van der Waals surface area contributed by atoms with Crippen LogP contribution in [0.5, 0.6) is 5.75 Å². The zero-order valence-electron chi connectivity index (χ0n) is 13.4. The van der Waals surface area contributed by atoms with E-state index >= 15 is 0 Å². The number of benzene rings is 1. The third kappa shape index (κ3) is 3.78. The molecule has 116 valence electrons. The normalized spacial score (nSPS) is 21.6. The van der Waals surface area contributed by atoms with Crippen LogP contribution in [0.25, 0.3) is 0 Å². The third-order valence-corrected chi connectivity index (χ3v) is 4.76. The number of ether oxygens (including phenoxy) is 1. The quantitative estimate of drug-likeness (QED) is 0.901. The van der Waals surface area contributed by atoms with Crippen LogP contribution in [0.1, 0.15) is 37.8 Å². The molecule has 0 bridgehead atoms. The Hall–Kier alpha value is -1.06. The van der Waals surface area contributed by atoms with Gasteiger partial charge < -0.3 is 10.1 Å². The number of hydrogen-bond donors (Lipinski definition) is 1. The predicted octanol–water partition coefficient (Wildman–Crippen LogP) is 2.83. The summed E-state index contributed by atoms with van der Waals surface area (Å²) in [5.74, 6) is 1.89. The predicted molar refractivity (Wildman–Crippen MR) is 86.8 cm³/mol. The van der Waals surface area contributed by atoms with Crippen LogP contribution in [0.2, 0.25) is 0 Å². The highest BCUT2D eigenvalue weighted by atomic mass is 16.5. The molecule has 3 nitrogen and oxygen atoms in total. The molecule has 2 heterocycles. The molecule has 1 unspecified atom stereocenters. The van der Waals surface area contributed by atoms with E-state index in [9.17, 15) is 0 Å². The van der Waals surface area contributed by atoms with Crippen molar-refractivity contribution in [3.8, 4) is 5.75 Å². The van der Waals surface area contributed by atoms with Gasteiger partial charge in [-0.3, -0.25) is 4.90 Å². The number of nitrogens with zero attached hydrogens (tertiary/aromatic N) is 1. The summed E-state index contributed by atoms with van der Waals surface area (Å²) in [4.78, 5) is 2.62. The number of hydrogen-bond acceptors (Lipinski definition) is 3. The summed E-state index contributed by atoms with van der Waals surface area (Å²) in [5.41, 5.74) is 2.81. The largest absolute Gasteiger partial charge is 0.493 e. The Kier molecular flexibility index (Phi) is 4.81. The molecule has 3 heteroatoms. The molecule has 0 radical (unpaired) electrons. The lowest BCUT2D eigenvalue weighted by Crippen LogP contribution is -2.40. The van der Waals surface area contributed by atoms with Gasteiger partial charge in [0, 0.05) is 25.6 Å². The maximum atomic E-state index is 5.61. The van der Waals surface area contributed by atoms with E-state index in [0.29, 0.717) is 6.04 Å². The van der Waals surface area contributed by atoms with Gasteiger partial charge in [-0.1, -0.05) is 12.1 Å². The second-order valence-corrected chi connectivity index (χ2v) is 6.78. The van der Waals surface area contributed by atoms with Gasteiger partial charge in [-0.15, -0.1) is 0 Å². The Morgan fingerprint density at radius 3 is 3.05 bits per heavy atom. The smallest absolute Gasteiger partial charge is 0.122 e. The SMILES string of the molecule is CC(C)N(Cc1ccc2c(c1)CCO2)CC1CCCNC1. The van der Waals surface area contributed by atoms with Crippen molar-refractivity contribution in [2.45, 2.75) is 45.7 Å². The van der Waals surface area contributed by atoms with Gasteiger partial charge in [-0.2, -0.15) is 0 Å². The molecule has 0 saturated carbocycles. The first-order chi connectivity index (χ1) is 10.2. The first-order valence-electron chi connectivity index (χ1n) is 8.42. The van der Waals surface area contributed by atoms with Crippen LogP contribution in [0.4, 0.5) is 0 Å². The van der Waals surface area contributed by atoms with Crippen LogP contribution in [0, 0.1) is 5.92 Å². The molecule has 1 N–H and O–H groups in total. The Morgan fingerprint density at radius 1 is 1.38 bits per heavy atom. The van der Waals surface area contributed by atoms with Crippen molar-refractivity contribution in [3.63, 3.8) is 0 Å². The minimum Gasteiger partial charge on any atom is -0.493 e. The van der Waals surface area contributed by atoms with Crippen molar-refractivity contribution in [3.05, 3.63) is 29.3 Å². The summed E-state index contributed by atoms with van der Waals surface area (Å²) in [7, 11) is 0. The standard InChI is InChI=1S/C18H28N2O/c1-14(2)20(13-16-4-3-8-19-11-16)12-15-5-6-18-17(10-15)7-9-21-18/h5-6,10,14,16,19H,3-4,7-9,11-13H2,1-2H3.